The number of rotatable bonds is 10. The molecule has 7 nitrogen and oxygen atoms in total. The zero-order valence-corrected chi connectivity index (χ0v) is 16.1. The molecule has 0 aliphatic rings. The van der Waals surface area contributed by atoms with E-state index in [9.17, 15) is 22.0 Å². The van der Waals surface area contributed by atoms with Gasteiger partial charge in [0.05, 0.1) is 18.6 Å². The summed E-state index contributed by atoms with van der Waals surface area (Å²) < 4.78 is 80.6. The lowest BCUT2D eigenvalue weighted by molar-refractivity contribution is -0.133. The van der Waals surface area contributed by atoms with Crippen LogP contribution in [0.5, 0.6) is 11.8 Å². The Bertz CT molecular complexity index is 1000. The van der Waals surface area contributed by atoms with Crippen molar-refractivity contribution in [3.63, 3.8) is 0 Å². The van der Waals surface area contributed by atoms with Crippen molar-refractivity contribution in [1.29, 1.82) is 0 Å². The number of alkyl halides is 4. The summed E-state index contributed by atoms with van der Waals surface area (Å²) in [6, 6.07) is 3.78. The van der Waals surface area contributed by atoms with E-state index >= 15 is 0 Å². The Morgan fingerprint density at radius 3 is 2.63 bits per heavy atom. The molecular weight excluding hydrogens is 435 g/mol. The number of hydrogen-bond acceptors (Lipinski definition) is 7. The minimum Gasteiger partial charge on any atom is -0.479 e. The molecule has 13 heteroatoms. The number of aromatic nitrogens is 3. The van der Waals surface area contributed by atoms with Crippen molar-refractivity contribution in [3.05, 3.63) is 35.9 Å². The third-order valence-electron chi connectivity index (χ3n) is 3.68. The lowest BCUT2D eigenvalue weighted by atomic mass is 10.3. The van der Waals surface area contributed by atoms with Gasteiger partial charge in [-0.2, -0.15) is 13.8 Å². The van der Waals surface area contributed by atoms with Crippen LogP contribution in [0, 0.1) is 5.82 Å². The topological polar surface area (TPSA) is 81.3 Å². The van der Waals surface area contributed by atoms with E-state index in [2.05, 4.69) is 24.4 Å². The summed E-state index contributed by atoms with van der Waals surface area (Å²) in [6.45, 7) is -3.73. The van der Waals surface area contributed by atoms with Gasteiger partial charge in [0.2, 0.25) is 5.88 Å². The van der Waals surface area contributed by atoms with E-state index in [0.29, 0.717) is 10.3 Å². The van der Waals surface area contributed by atoms with Crippen molar-refractivity contribution in [3.8, 4) is 11.8 Å². The number of methoxy groups -OCH3 is 1. The molecule has 30 heavy (non-hydrogen) atoms. The Labute approximate surface area is 171 Å². The van der Waals surface area contributed by atoms with Gasteiger partial charge < -0.3 is 23.9 Å². The van der Waals surface area contributed by atoms with E-state index in [1.54, 1.807) is 6.20 Å². The molecule has 0 amide bonds. The maximum absolute atomic E-state index is 14.2. The second-order valence-electron chi connectivity index (χ2n) is 5.60. The molecule has 3 rings (SSSR count). The summed E-state index contributed by atoms with van der Waals surface area (Å²) in [4.78, 5) is 11.1. The molecule has 0 saturated carbocycles. The molecule has 0 bridgehead atoms. The first-order valence-corrected chi connectivity index (χ1v) is 9.16. The van der Waals surface area contributed by atoms with Crippen LogP contribution in [0.4, 0.5) is 27.6 Å². The third kappa shape index (κ3) is 5.21. The summed E-state index contributed by atoms with van der Waals surface area (Å²) in [7, 11) is 1.31. The van der Waals surface area contributed by atoms with Gasteiger partial charge in [-0.3, -0.25) is 0 Å². The average Bonchev–Trinajstić information content (AvgIpc) is 3.12. The number of ether oxygens (including phenoxy) is 3. The van der Waals surface area contributed by atoms with Crippen molar-refractivity contribution in [2.45, 2.75) is 17.9 Å². The van der Waals surface area contributed by atoms with Crippen molar-refractivity contribution < 1.29 is 36.2 Å². The largest absolute Gasteiger partial charge is 0.479 e. The number of H-pyrrole nitrogens is 1. The Kier molecular flexibility index (Phi) is 7.15. The highest BCUT2D eigenvalue weighted by Crippen LogP contribution is 2.34. The molecule has 162 valence electrons. The number of pyridine rings is 2. The van der Waals surface area contributed by atoms with Crippen molar-refractivity contribution in [1.82, 2.24) is 15.0 Å². The van der Waals surface area contributed by atoms with Gasteiger partial charge in [0.25, 0.3) is 12.3 Å². The number of hydrogen-bond donors (Lipinski definition) is 2. The van der Waals surface area contributed by atoms with E-state index in [-0.39, 0.29) is 29.5 Å². The van der Waals surface area contributed by atoms with Crippen molar-refractivity contribution >= 4 is 28.7 Å². The molecule has 0 aromatic carbocycles. The molecule has 0 aliphatic heterocycles. The van der Waals surface area contributed by atoms with Crippen LogP contribution in [-0.2, 0) is 4.74 Å². The summed E-state index contributed by atoms with van der Waals surface area (Å²) in [5, 5.41) is 0.586. The van der Waals surface area contributed by atoms with E-state index in [4.69, 9.17) is 9.47 Å². The maximum Gasteiger partial charge on any atom is 0.345 e. The molecule has 0 aliphatic carbocycles. The highest BCUT2D eigenvalue weighted by atomic mass is 32.2. The van der Waals surface area contributed by atoms with E-state index in [1.807, 2.05) is 0 Å². The number of aromatic amines is 1. The third-order valence-corrected chi connectivity index (χ3v) is 4.56. The van der Waals surface area contributed by atoms with Gasteiger partial charge in [-0.25, -0.2) is 18.2 Å². The SMILES string of the molecule is COc1nc(OCCOC(F)F)c(F)cc1NSc1c[nH]c2nc(C(F)F)ccc12. The average molecular weight is 450 g/mol. The molecule has 2 N–H and O–H groups in total. The van der Waals surface area contributed by atoms with Gasteiger partial charge in [0, 0.05) is 17.6 Å². The fraction of sp³-hybridized carbons (Fsp3) is 0.294. The second kappa shape index (κ2) is 9.80. The van der Waals surface area contributed by atoms with Gasteiger partial charge in [-0.05, 0) is 24.1 Å². The minimum absolute atomic E-state index is 0.00775. The number of fused-ring (bicyclic) bond motifs is 1. The number of nitrogens with one attached hydrogen (secondary N) is 2. The summed E-state index contributed by atoms with van der Waals surface area (Å²) in [5.74, 6) is -1.29. The van der Waals surface area contributed by atoms with Crippen LogP contribution in [0.3, 0.4) is 0 Å². The van der Waals surface area contributed by atoms with Crippen LogP contribution < -0.4 is 14.2 Å². The number of anilines is 1. The van der Waals surface area contributed by atoms with Crippen molar-refractivity contribution in [2.75, 3.05) is 25.0 Å². The lowest BCUT2D eigenvalue weighted by Gasteiger charge is -2.12. The fourth-order valence-electron chi connectivity index (χ4n) is 2.37. The van der Waals surface area contributed by atoms with Crippen LogP contribution in [0.25, 0.3) is 11.0 Å². The van der Waals surface area contributed by atoms with E-state index in [1.165, 1.54) is 19.2 Å². The zero-order valence-electron chi connectivity index (χ0n) is 15.3. The Balaban J connectivity index is 1.70. The first-order valence-electron chi connectivity index (χ1n) is 8.35. The van der Waals surface area contributed by atoms with E-state index in [0.717, 1.165) is 18.0 Å². The fourth-order valence-corrected chi connectivity index (χ4v) is 3.13. The number of nitrogens with zero attached hydrogens (tertiary/aromatic N) is 2. The standard InChI is InChI=1S/C17H15F5N4O3S/c1-27-16-11(6-9(18)15(25-16)28-4-5-29-17(21)22)26-30-12-7-23-14-8(12)2-3-10(24-14)13(19)20/h2-3,6-7,13,17,26H,4-5H2,1H3,(H,23,24). The van der Waals surface area contributed by atoms with Gasteiger partial charge >= 0.3 is 6.61 Å². The molecule has 0 radical (unpaired) electrons. The van der Waals surface area contributed by atoms with Gasteiger partial charge in [0.1, 0.15) is 23.6 Å². The molecule has 0 unspecified atom stereocenters. The summed E-state index contributed by atoms with van der Waals surface area (Å²) >= 11 is 1.05. The van der Waals surface area contributed by atoms with Gasteiger partial charge in [-0.1, -0.05) is 0 Å². The van der Waals surface area contributed by atoms with Crippen LogP contribution in [0.2, 0.25) is 0 Å². The van der Waals surface area contributed by atoms with Crippen LogP contribution in [0.15, 0.2) is 29.3 Å². The van der Waals surface area contributed by atoms with Crippen LogP contribution in [0.1, 0.15) is 12.1 Å². The normalized spacial score (nSPS) is 11.5. The summed E-state index contributed by atoms with van der Waals surface area (Å²) in [6.07, 6.45) is -1.13. The predicted octanol–water partition coefficient (Wildman–Crippen LogP) is 4.78. The number of halogens is 5. The molecule has 3 aromatic rings. The second-order valence-corrected chi connectivity index (χ2v) is 6.45. The monoisotopic (exact) mass is 450 g/mol. The quantitative estimate of drug-likeness (QED) is 0.261. The van der Waals surface area contributed by atoms with Crippen molar-refractivity contribution in [2.24, 2.45) is 0 Å². The van der Waals surface area contributed by atoms with Crippen LogP contribution >= 0.6 is 11.9 Å². The minimum atomic E-state index is -2.95. The molecule has 0 fully saturated rings. The first kappa shape index (κ1) is 21.9. The van der Waals surface area contributed by atoms with Crippen LogP contribution in [-0.4, -0.2) is 41.9 Å². The molecule has 3 heterocycles. The first-order chi connectivity index (χ1) is 14.4. The maximum atomic E-state index is 14.2. The molecule has 0 spiro atoms. The highest BCUT2D eigenvalue weighted by Gasteiger charge is 2.16. The lowest BCUT2D eigenvalue weighted by Crippen LogP contribution is -2.11. The molecule has 0 saturated heterocycles. The Morgan fingerprint density at radius 1 is 1.13 bits per heavy atom. The highest BCUT2D eigenvalue weighted by molar-refractivity contribution is 8.00. The smallest absolute Gasteiger partial charge is 0.345 e. The van der Waals surface area contributed by atoms with E-state index < -0.39 is 31.3 Å². The Hall–Kier alpha value is -2.80. The van der Waals surface area contributed by atoms with Gasteiger partial charge in [0.15, 0.2) is 5.82 Å². The van der Waals surface area contributed by atoms with Gasteiger partial charge in [-0.15, -0.1) is 0 Å². The molecular formula is C17H15F5N4O3S. The predicted molar refractivity (Wildman–Crippen MR) is 98.7 cm³/mol. The summed E-state index contributed by atoms with van der Waals surface area (Å²) in [5.41, 5.74) is 0.0992. The molecule has 3 aromatic heterocycles. The molecule has 0 atom stereocenters. The zero-order chi connectivity index (χ0) is 21.7. The Morgan fingerprint density at radius 2 is 1.93 bits per heavy atom.